The molecule has 1 aliphatic rings. The molecule has 2 rings (SSSR count). The lowest BCUT2D eigenvalue weighted by atomic mass is 10.1. The minimum atomic E-state index is 0.185. The van der Waals surface area contributed by atoms with E-state index in [0.717, 1.165) is 12.2 Å². The summed E-state index contributed by atoms with van der Waals surface area (Å²) in [5, 5.41) is 6.68. The third-order valence-corrected chi connectivity index (χ3v) is 2.87. The molecule has 1 aromatic heterocycles. The Labute approximate surface area is 87.2 Å². The molecule has 0 bridgehead atoms. The summed E-state index contributed by atoms with van der Waals surface area (Å²) in [6.45, 7) is 1.38. The van der Waals surface area contributed by atoms with Crippen LogP contribution in [0.15, 0.2) is 12.3 Å². The molecule has 5 heteroatoms. The molecule has 0 radical (unpaired) electrons. The lowest BCUT2D eigenvalue weighted by Crippen LogP contribution is -2.24. The predicted octanol–water partition coefficient (Wildman–Crippen LogP) is 0.997. The second kappa shape index (κ2) is 4.00. The number of likely N-dealkylation sites (tertiary alicyclic amines) is 1. The summed E-state index contributed by atoms with van der Waals surface area (Å²) in [5.41, 5.74) is 0.966. The average Bonchev–Trinajstić information content (AvgIpc) is 2.78. The van der Waals surface area contributed by atoms with Crippen LogP contribution in [-0.4, -0.2) is 33.4 Å². The van der Waals surface area contributed by atoms with E-state index in [4.69, 9.17) is 11.6 Å². The molecule has 14 heavy (non-hydrogen) atoms. The van der Waals surface area contributed by atoms with Gasteiger partial charge in [-0.05, 0) is 12.0 Å². The molecule has 4 nitrogen and oxygen atoms in total. The fraction of sp³-hybridized carbons (Fsp3) is 0.556. The van der Waals surface area contributed by atoms with Gasteiger partial charge < -0.3 is 4.90 Å². The number of hydrogen-bond acceptors (Lipinski definition) is 2. The fourth-order valence-corrected chi connectivity index (χ4v) is 1.90. The average molecular weight is 214 g/mol. The van der Waals surface area contributed by atoms with E-state index in [1.165, 1.54) is 0 Å². The monoisotopic (exact) mass is 213 g/mol. The van der Waals surface area contributed by atoms with Gasteiger partial charge in [0.05, 0.1) is 12.2 Å². The van der Waals surface area contributed by atoms with Crippen LogP contribution in [0.2, 0.25) is 0 Å². The first-order valence-electron chi connectivity index (χ1n) is 4.61. The first kappa shape index (κ1) is 9.52. The fourth-order valence-electron chi connectivity index (χ4n) is 1.69. The highest BCUT2D eigenvalue weighted by Crippen LogP contribution is 2.20. The molecule has 1 aromatic rings. The summed E-state index contributed by atoms with van der Waals surface area (Å²) in [6.07, 6.45) is 2.27. The van der Waals surface area contributed by atoms with Crippen molar-refractivity contribution >= 4 is 17.5 Å². The van der Waals surface area contributed by atoms with Crippen molar-refractivity contribution in [3.05, 3.63) is 18.0 Å². The van der Waals surface area contributed by atoms with Crippen molar-refractivity contribution in [3.8, 4) is 0 Å². The molecular formula is C9H12ClN3O. The van der Waals surface area contributed by atoms with Gasteiger partial charge >= 0.3 is 0 Å². The number of nitrogens with one attached hydrogen (secondary N) is 1. The number of aromatic nitrogens is 2. The Morgan fingerprint density at radius 3 is 3.14 bits per heavy atom. The summed E-state index contributed by atoms with van der Waals surface area (Å²) in [4.78, 5) is 13.3. The lowest BCUT2D eigenvalue weighted by Gasteiger charge is -2.14. The smallest absolute Gasteiger partial charge is 0.223 e. The molecule has 1 aliphatic heterocycles. The number of aromatic amines is 1. The summed E-state index contributed by atoms with van der Waals surface area (Å²) in [5.74, 6) is 1.06. The zero-order valence-corrected chi connectivity index (χ0v) is 8.50. The Bertz CT molecular complexity index is 312. The molecular weight excluding hydrogens is 202 g/mol. The van der Waals surface area contributed by atoms with Crippen molar-refractivity contribution in [2.75, 3.05) is 12.4 Å². The Balaban J connectivity index is 1.96. The van der Waals surface area contributed by atoms with Crippen molar-refractivity contribution in [1.82, 2.24) is 15.1 Å². The highest BCUT2D eigenvalue weighted by atomic mass is 35.5. The van der Waals surface area contributed by atoms with E-state index in [0.29, 0.717) is 24.8 Å². The van der Waals surface area contributed by atoms with E-state index in [1.807, 2.05) is 11.0 Å². The third-order valence-electron chi connectivity index (χ3n) is 2.43. The van der Waals surface area contributed by atoms with Gasteiger partial charge in [-0.1, -0.05) is 0 Å². The maximum Gasteiger partial charge on any atom is 0.223 e. The van der Waals surface area contributed by atoms with E-state index >= 15 is 0 Å². The molecule has 1 amide bonds. The van der Waals surface area contributed by atoms with E-state index < -0.39 is 0 Å². The van der Waals surface area contributed by atoms with Crippen LogP contribution in [0.3, 0.4) is 0 Å². The van der Waals surface area contributed by atoms with Crippen molar-refractivity contribution in [2.45, 2.75) is 13.0 Å². The lowest BCUT2D eigenvalue weighted by molar-refractivity contribution is -0.128. The Kier molecular flexibility index (Phi) is 2.72. The Morgan fingerprint density at radius 2 is 2.57 bits per heavy atom. The number of rotatable bonds is 3. The number of H-pyrrole nitrogens is 1. The van der Waals surface area contributed by atoms with Gasteiger partial charge in [0.25, 0.3) is 0 Å². The number of nitrogens with zero attached hydrogens (tertiary/aromatic N) is 2. The van der Waals surface area contributed by atoms with Crippen LogP contribution in [0, 0.1) is 5.92 Å². The zero-order valence-electron chi connectivity index (χ0n) is 7.74. The van der Waals surface area contributed by atoms with Crippen molar-refractivity contribution in [3.63, 3.8) is 0 Å². The highest BCUT2D eigenvalue weighted by Gasteiger charge is 2.28. The maximum absolute atomic E-state index is 11.5. The number of carbonyl (C=O) groups is 1. The quantitative estimate of drug-likeness (QED) is 0.762. The first-order valence-corrected chi connectivity index (χ1v) is 5.15. The molecule has 0 aliphatic carbocycles. The molecule has 1 fully saturated rings. The van der Waals surface area contributed by atoms with Gasteiger partial charge in [-0.25, -0.2) is 0 Å². The number of halogens is 1. The number of hydrogen-bond donors (Lipinski definition) is 1. The first-order chi connectivity index (χ1) is 6.79. The molecule has 0 aromatic carbocycles. The number of carbonyl (C=O) groups excluding carboxylic acids is 1. The Morgan fingerprint density at radius 1 is 1.71 bits per heavy atom. The summed E-state index contributed by atoms with van der Waals surface area (Å²) >= 11 is 5.72. The van der Waals surface area contributed by atoms with Gasteiger partial charge in [-0.3, -0.25) is 9.89 Å². The van der Waals surface area contributed by atoms with Crippen LogP contribution in [0.25, 0.3) is 0 Å². The standard InChI is InChI=1S/C9H12ClN3O/c10-4-7-3-9(14)13(5-7)6-8-1-2-11-12-8/h1-2,7H,3-6H2,(H,11,12). The minimum Gasteiger partial charge on any atom is -0.336 e. The van der Waals surface area contributed by atoms with E-state index in [2.05, 4.69) is 10.2 Å². The van der Waals surface area contributed by atoms with Crippen molar-refractivity contribution in [2.24, 2.45) is 5.92 Å². The zero-order chi connectivity index (χ0) is 9.97. The summed E-state index contributed by atoms with van der Waals surface area (Å²) < 4.78 is 0. The van der Waals surface area contributed by atoms with Crippen molar-refractivity contribution in [1.29, 1.82) is 0 Å². The van der Waals surface area contributed by atoms with Crippen LogP contribution in [0.5, 0.6) is 0 Å². The molecule has 2 heterocycles. The predicted molar refractivity (Wildman–Crippen MR) is 52.8 cm³/mol. The second-order valence-corrected chi connectivity index (χ2v) is 3.89. The summed E-state index contributed by atoms with van der Waals surface area (Å²) in [7, 11) is 0. The topological polar surface area (TPSA) is 49.0 Å². The van der Waals surface area contributed by atoms with Gasteiger partial charge in [0.1, 0.15) is 0 Å². The molecule has 76 valence electrons. The number of amides is 1. The third kappa shape index (κ3) is 1.90. The molecule has 1 N–H and O–H groups in total. The molecule has 1 unspecified atom stereocenters. The van der Waals surface area contributed by atoms with E-state index in [9.17, 15) is 4.79 Å². The van der Waals surface area contributed by atoms with Gasteiger partial charge in [0.15, 0.2) is 0 Å². The van der Waals surface area contributed by atoms with Crippen LogP contribution in [-0.2, 0) is 11.3 Å². The molecule has 1 saturated heterocycles. The van der Waals surface area contributed by atoms with Gasteiger partial charge in [0, 0.05) is 25.0 Å². The summed E-state index contributed by atoms with van der Waals surface area (Å²) in [6, 6.07) is 1.88. The van der Waals surface area contributed by atoms with Crippen LogP contribution >= 0.6 is 11.6 Å². The molecule has 0 spiro atoms. The maximum atomic E-state index is 11.5. The van der Waals surface area contributed by atoms with E-state index in [1.54, 1.807) is 6.20 Å². The SMILES string of the molecule is O=C1CC(CCl)CN1Cc1ccn[nH]1. The van der Waals surface area contributed by atoms with Crippen molar-refractivity contribution < 1.29 is 4.79 Å². The van der Waals surface area contributed by atoms with E-state index in [-0.39, 0.29) is 5.91 Å². The highest BCUT2D eigenvalue weighted by molar-refractivity contribution is 6.18. The van der Waals surface area contributed by atoms with Gasteiger partial charge in [-0.2, -0.15) is 5.10 Å². The van der Waals surface area contributed by atoms with Gasteiger partial charge in [0.2, 0.25) is 5.91 Å². The number of alkyl halides is 1. The Hall–Kier alpha value is -1.03. The second-order valence-electron chi connectivity index (χ2n) is 3.58. The largest absolute Gasteiger partial charge is 0.336 e. The van der Waals surface area contributed by atoms with Crippen LogP contribution in [0.4, 0.5) is 0 Å². The minimum absolute atomic E-state index is 0.185. The molecule has 0 saturated carbocycles. The molecule has 1 atom stereocenters. The van der Waals surface area contributed by atoms with Crippen LogP contribution < -0.4 is 0 Å². The van der Waals surface area contributed by atoms with Crippen LogP contribution in [0.1, 0.15) is 12.1 Å². The normalized spacial score (nSPS) is 21.9. The van der Waals surface area contributed by atoms with Gasteiger partial charge in [-0.15, -0.1) is 11.6 Å².